The number of nitrogens with zero attached hydrogens (tertiary/aromatic N) is 1. The molecule has 0 spiro atoms. The van der Waals surface area contributed by atoms with Crippen molar-refractivity contribution in [3.05, 3.63) is 0 Å². The van der Waals surface area contributed by atoms with Crippen molar-refractivity contribution < 1.29 is 4.84 Å². The second-order valence-corrected chi connectivity index (χ2v) is 4.29. The van der Waals surface area contributed by atoms with E-state index in [1.54, 1.807) is 7.11 Å². The van der Waals surface area contributed by atoms with Crippen LogP contribution in [0.25, 0.3) is 0 Å². The maximum absolute atomic E-state index is 4.93. The molecule has 0 aromatic heterocycles. The van der Waals surface area contributed by atoms with Gasteiger partial charge in [-0.15, -0.1) is 0 Å². The maximum atomic E-state index is 4.93. The molecule has 1 N–H and O–H groups in total. The molecule has 0 amide bonds. The highest BCUT2D eigenvalue weighted by Gasteiger charge is 2.18. The van der Waals surface area contributed by atoms with Crippen LogP contribution >= 0.6 is 0 Å². The van der Waals surface area contributed by atoms with Crippen molar-refractivity contribution >= 4 is 0 Å². The van der Waals surface area contributed by atoms with Gasteiger partial charge >= 0.3 is 0 Å². The van der Waals surface area contributed by atoms with E-state index in [1.807, 2.05) is 0 Å². The Kier molecular flexibility index (Phi) is 4.70. The highest BCUT2D eigenvalue weighted by Crippen LogP contribution is 2.11. The molecule has 1 heterocycles. The minimum absolute atomic E-state index is 0.563. The Bertz CT molecular complexity index is 131. The van der Waals surface area contributed by atoms with E-state index in [4.69, 9.17) is 4.84 Å². The van der Waals surface area contributed by atoms with Gasteiger partial charge < -0.3 is 9.74 Å². The van der Waals surface area contributed by atoms with Gasteiger partial charge in [-0.25, -0.2) is 0 Å². The summed E-state index contributed by atoms with van der Waals surface area (Å²) in [5.41, 5.74) is 3.03. The number of nitrogens with one attached hydrogen (secondary N) is 1. The van der Waals surface area contributed by atoms with Crippen molar-refractivity contribution in [2.24, 2.45) is 5.92 Å². The zero-order valence-electron chi connectivity index (χ0n) is 9.05. The molecule has 1 rings (SSSR count). The third-order valence-electron chi connectivity index (χ3n) is 2.50. The van der Waals surface area contributed by atoms with Gasteiger partial charge in [-0.3, -0.25) is 0 Å². The predicted octanol–water partition coefficient (Wildman–Crippen LogP) is 1.26. The Morgan fingerprint density at radius 2 is 2.00 bits per heavy atom. The average Bonchev–Trinajstić information content (AvgIpc) is 2.08. The monoisotopic (exact) mass is 186 g/mol. The lowest BCUT2D eigenvalue weighted by Gasteiger charge is -2.32. The van der Waals surface area contributed by atoms with Crippen LogP contribution in [0.5, 0.6) is 0 Å². The van der Waals surface area contributed by atoms with Crippen LogP contribution in [0.4, 0.5) is 0 Å². The van der Waals surface area contributed by atoms with Gasteiger partial charge in [0.1, 0.15) is 0 Å². The highest BCUT2D eigenvalue weighted by molar-refractivity contribution is 4.75. The summed E-state index contributed by atoms with van der Waals surface area (Å²) in [4.78, 5) is 7.47. The van der Waals surface area contributed by atoms with E-state index >= 15 is 0 Å². The van der Waals surface area contributed by atoms with Crippen LogP contribution in [0.15, 0.2) is 0 Å². The molecule has 0 bridgehead atoms. The van der Waals surface area contributed by atoms with E-state index in [1.165, 1.54) is 32.5 Å². The number of piperidine rings is 1. The van der Waals surface area contributed by atoms with Gasteiger partial charge in [0, 0.05) is 12.6 Å². The largest absolute Gasteiger partial charge is 0.305 e. The van der Waals surface area contributed by atoms with Gasteiger partial charge in [-0.05, 0) is 31.8 Å². The van der Waals surface area contributed by atoms with Crippen LogP contribution in [0.3, 0.4) is 0 Å². The van der Waals surface area contributed by atoms with Crippen molar-refractivity contribution in [2.45, 2.75) is 32.7 Å². The summed E-state index contributed by atoms with van der Waals surface area (Å²) in [5, 5.41) is 0. The van der Waals surface area contributed by atoms with Crippen molar-refractivity contribution in [3.8, 4) is 0 Å². The maximum Gasteiger partial charge on any atom is 0.0572 e. The van der Waals surface area contributed by atoms with E-state index < -0.39 is 0 Å². The lowest BCUT2D eigenvalue weighted by molar-refractivity contribution is 0.0347. The van der Waals surface area contributed by atoms with Crippen LogP contribution in [-0.2, 0) is 4.84 Å². The van der Waals surface area contributed by atoms with Gasteiger partial charge in [-0.1, -0.05) is 13.8 Å². The first kappa shape index (κ1) is 11.0. The zero-order chi connectivity index (χ0) is 9.68. The van der Waals surface area contributed by atoms with Crippen molar-refractivity contribution in [1.82, 2.24) is 10.4 Å². The molecule has 0 atom stereocenters. The smallest absolute Gasteiger partial charge is 0.0572 e. The second-order valence-electron chi connectivity index (χ2n) is 4.29. The molecule has 0 aliphatic carbocycles. The fraction of sp³-hybridized carbons (Fsp3) is 1.00. The van der Waals surface area contributed by atoms with Gasteiger partial charge in [-0.2, -0.15) is 5.48 Å². The second kappa shape index (κ2) is 5.58. The molecule has 13 heavy (non-hydrogen) atoms. The van der Waals surface area contributed by atoms with E-state index in [9.17, 15) is 0 Å². The highest BCUT2D eigenvalue weighted by atomic mass is 16.6. The Labute approximate surface area is 81.4 Å². The fourth-order valence-electron chi connectivity index (χ4n) is 1.92. The SMILES string of the molecule is CONC1CCN(CC(C)C)CC1. The summed E-state index contributed by atoms with van der Waals surface area (Å²) in [6.07, 6.45) is 2.42. The summed E-state index contributed by atoms with van der Waals surface area (Å²) in [5.74, 6) is 0.784. The van der Waals surface area contributed by atoms with Crippen LogP contribution in [0.2, 0.25) is 0 Å². The van der Waals surface area contributed by atoms with E-state index in [2.05, 4.69) is 24.2 Å². The number of hydrogen-bond acceptors (Lipinski definition) is 3. The molecule has 1 aliphatic rings. The number of likely N-dealkylation sites (tertiary alicyclic amines) is 1. The van der Waals surface area contributed by atoms with Crippen LogP contribution in [0, 0.1) is 5.92 Å². The van der Waals surface area contributed by atoms with Crippen LogP contribution in [-0.4, -0.2) is 37.7 Å². The van der Waals surface area contributed by atoms with Gasteiger partial charge in [0.25, 0.3) is 0 Å². The molecular weight excluding hydrogens is 164 g/mol. The minimum Gasteiger partial charge on any atom is -0.305 e. The molecule has 0 saturated carbocycles. The first-order chi connectivity index (χ1) is 6.22. The van der Waals surface area contributed by atoms with Gasteiger partial charge in [0.2, 0.25) is 0 Å². The quantitative estimate of drug-likeness (QED) is 0.669. The molecule has 1 saturated heterocycles. The minimum atomic E-state index is 0.563. The normalized spacial score (nSPS) is 21.2. The van der Waals surface area contributed by atoms with Crippen molar-refractivity contribution in [2.75, 3.05) is 26.7 Å². The third kappa shape index (κ3) is 4.07. The number of hydrogen-bond donors (Lipinski definition) is 1. The molecule has 3 heteroatoms. The lowest BCUT2D eigenvalue weighted by Crippen LogP contribution is -2.43. The number of rotatable bonds is 4. The average molecular weight is 186 g/mol. The Hall–Kier alpha value is -0.120. The molecule has 1 fully saturated rings. The predicted molar refractivity (Wildman–Crippen MR) is 54.4 cm³/mol. The van der Waals surface area contributed by atoms with Crippen molar-refractivity contribution in [3.63, 3.8) is 0 Å². The summed E-state index contributed by atoms with van der Waals surface area (Å²) in [7, 11) is 1.69. The molecule has 3 nitrogen and oxygen atoms in total. The van der Waals surface area contributed by atoms with Crippen molar-refractivity contribution in [1.29, 1.82) is 0 Å². The third-order valence-corrected chi connectivity index (χ3v) is 2.50. The molecular formula is C10H22N2O. The first-order valence-corrected chi connectivity index (χ1v) is 5.23. The van der Waals surface area contributed by atoms with E-state index in [-0.39, 0.29) is 0 Å². The van der Waals surface area contributed by atoms with E-state index in [0.717, 1.165) is 5.92 Å². The molecule has 0 aromatic rings. The lowest BCUT2D eigenvalue weighted by atomic mass is 10.0. The van der Waals surface area contributed by atoms with E-state index in [0.29, 0.717) is 6.04 Å². The first-order valence-electron chi connectivity index (χ1n) is 5.23. The Balaban J connectivity index is 2.15. The Morgan fingerprint density at radius 1 is 1.38 bits per heavy atom. The van der Waals surface area contributed by atoms with Gasteiger partial charge in [0.05, 0.1) is 7.11 Å². The summed E-state index contributed by atoms with van der Waals surface area (Å²) in [6.45, 7) is 8.21. The summed E-state index contributed by atoms with van der Waals surface area (Å²) < 4.78 is 0. The molecule has 0 radical (unpaired) electrons. The molecule has 0 aromatic carbocycles. The van der Waals surface area contributed by atoms with Crippen LogP contribution < -0.4 is 5.48 Å². The Morgan fingerprint density at radius 3 is 2.46 bits per heavy atom. The zero-order valence-corrected chi connectivity index (χ0v) is 9.05. The summed E-state index contributed by atoms with van der Waals surface area (Å²) in [6, 6.07) is 0.563. The van der Waals surface area contributed by atoms with Crippen LogP contribution in [0.1, 0.15) is 26.7 Å². The number of hydroxylamine groups is 1. The van der Waals surface area contributed by atoms with Gasteiger partial charge in [0.15, 0.2) is 0 Å². The molecule has 0 unspecified atom stereocenters. The summed E-state index contributed by atoms with van der Waals surface area (Å²) >= 11 is 0. The molecule has 1 aliphatic heterocycles. The molecule has 78 valence electrons. The topological polar surface area (TPSA) is 24.5 Å². The fourth-order valence-corrected chi connectivity index (χ4v) is 1.92. The standard InChI is InChI=1S/C10H22N2O/c1-9(2)8-12-6-4-10(5-7-12)11-13-3/h9-11H,4-8H2,1-3H3.